The van der Waals surface area contributed by atoms with Gasteiger partial charge in [0.15, 0.2) is 0 Å². The number of piperidine rings is 2. The van der Waals surface area contributed by atoms with Crippen molar-refractivity contribution in [3.05, 3.63) is 65.4 Å². The fourth-order valence-electron chi connectivity index (χ4n) is 5.46. The Morgan fingerprint density at radius 1 is 1.07 bits per heavy atom. The molecule has 0 bridgehead atoms. The van der Waals surface area contributed by atoms with E-state index in [1.165, 1.54) is 0 Å². The second-order valence-corrected chi connectivity index (χ2v) is 10.5. The summed E-state index contributed by atoms with van der Waals surface area (Å²) in [6.45, 7) is 2.55. The number of carbonyl (C=O) groups is 2. The predicted molar refractivity (Wildman–Crippen MR) is 146 cm³/mol. The van der Waals surface area contributed by atoms with Gasteiger partial charge in [-0.1, -0.05) is 24.3 Å². The Balaban J connectivity index is 1.36. The molecule has 2 fully saturated rings. The number of hydrogen-bond acceptors (Lipinski definition) is 7. The van der Waals surface area contributed by atoms with Crippen LogP contribution in [-0.4, -0.2) is 65.5 Å². The summed E-state index contributed by atoms with van der Waals surface area (Å²) < 4.78 is 43.0. The molecule has 0 amide bonds. The van der Waals surface area contributed by atoms with Crippen LogP contribution < -0.4 is 5.32 Å². The van der Waals surface area contributed by atoms with Crippen molar-refractivity contribution in [3.8, 4) is 11.8 Å². The van der Waals surface area contributed by atoms with Gasteiger partial charge in [-0.25, -0.2) is 9.48 Å². The molecular weight excluding hydrogens is 535 g/mol. The van der Waals surface area contributed by atoms with Gasteiger partial charge in [0.25, 0.3) is 0 Å². The van der Waals surface area contributed by atoms with E-state index in [2.05, 4.69) is 46.5 Å². The van der Waals surface area contributed by atoms with E-state index in [1.807, 2.05) is 16.8 Å². The molecule has 2 saturated heterocycles. The number of nitrogens with zero attached hydrogens (tertiary/aromatic N) is 4. The third-order valence-electron chi connectivity index (χ3n) is 7.68. The van der Waals surface area contributed by atoms with Gasteiger partial charge in [0.05, 0.1) is 35.1 Å². The van der Waals surface area contributed by atoms with Crippen molar-refractivity contribution in [3.63, 3.8) is 0 Å². The molecule has 0 unspecified atom stereocenters. The zero-order valence-corrected chi connectivity index (χ0v) is 22.4. The van der Waals surface area contributed by atoms with Crippen molar-refractivity contribution in [2.75, 3.05) is 32.7 Å². The van der Waals surface area contributed by atoms with Gasteiger partial charge in [-0.2, -0.15) is 23.5 Å². The van der Waals surface area contributed by atoms with Gasteiger partial charge in [0, 0.05) is 11.3 Å². The maximum atomic E-state index is 12.4. The van der Waals surface area contributed by atoms with Gasteiger partial charge in [-0.05, 0) is 93.7 Å². The Morgan fingerprint density at radius 3 is 2.44 bits per heavy atom. The summed E-state index contributed by atoms with van der Waals surface area (Å²) in [5.74, 6) is -3.11. The van der Waals surface area contributed by atoms with Crippen LogP contribution in [0.2, 0.25) is 0 Å². The molecule has 0 spiro atoms. The molecule has 0 saturated carbocycles. The van der Waals surface area contributed by atoms with Crippen molar-refractivity contribution in [2.24, 2.45) is 5.92 Å². The molecule has 8 nitrogen and oxygen atoms in total. The molecule has 3 aromatic rings. The van der Waals surface area contributed by atoms with Crippen LogP contribution in [0.5, 0.6) is 0 Å². The van der Waals surface area contributed by atoms with E-state index in [0.717, 1.165) is 53.8 Å². The summed E-state index contributed by atoms with van der Waals surface area (Å²) in [4.78, 5) is 24.5. The SMILES string of the molecule is N#Cc1ccc(-n2nc(C3CCN(CC(=O)OC(=O)C(F)(F)F)CC3)c3ccc(C=CC4CCNCC4)cc32)cc1. The van der Waals surface area contributed by atoms with Crippen LogP contribution in [0.4, 0.5) is 13.2 Å². The topological polar surface area (TPSA) is 100 Å². The number of aromatic nitrogens is 2. The third kappa shape index (κ3) is 6.84. The molecule has 0 atom stereocenters. The summed E-state index contributed by atoms with van der Waals surface area (Å²) in [6.07, 6.45) is 2.72. The number of ether oxygens (including phenoxy) is 1. The van der Waals surface area contributed by atoms with Gasteiger partial charge < -0.3 is 10.1 Å². The van der Waals surface area contributed by atoms with Gasteiger partial charge >= 0.3 is 18.1 Å². The van der Waals surface area contributed by atoms with E-state index in [-0.39, 0.29) is 12.5 Å². The molecule has 2 aromatic carbocycles. The molecule has 2 aliphatic heterocycles. The highest BCUT2D eigenvalue weighted by molar-refractivity contribution is 5.89. The van der Waals surface area contributed by atoms with Crippen LogP contribution in [0, 0.1) is 17.2 Å². The van der Waals surface area contributed by atoms with Crippen molar-refractivity contribution in [1.29, 1.82) is 5.26 Å². The largest absolute Gasteiger partial charge is 0.491 e. The normalized spacial score (nSPS) is 17.6. The van der Waals surface area contributed by atoms with E-state index in [1.54, 1.807) is 17.0 Å². The lowest BCUT2D eigenvalue weighted by Gasteiger charge is -2.30. The number of nitrogens with one attached hydrogen (secondary N) is 1. The first-order valence-electron chi connectivity index (χ1n) is 13.7. The zero-order valence-electron chi connectivity index (χ0n) is 22.4. The van der Waals surface area contributed by atoms with E-state index in [9.17, 15) is 28.0 Å². The summed E-state index contributed by atoms with van der Waals surface area (Å²) >= 11 is 0. The Labute approximate surface area is 235 Å². The fraction of sp³-hybridized carbons (Fsp3) is 0.400. The first-order chi connectivity index (χ1) is 19.7. The quantitative estimate of drug-likeness (QED) is 0.341. The molecule has 214 valence electrons. The summed E-state index contributed by atoms with van der Waals surface area (Å²) in [7, 11) is 0. The molecule has 2 aliphatic rings. The molecule has 11 heteroatoms. The molecule has 1 N–H and O–H groups in total. The van der Waals surface area contributed by atoms with Gasteiger partial charge in [0.1, 0.15) is 0 Å². The number of allylic oxidation sites excluding steroid dienone is 1. The number of likely N-dealkylation sites (tertiary alicyclic amines) is 1. The number of hydrogen-bond donors (Lipinski definition) is 1. The number of alkyl halides is 3. The fourth-order valence-corrected chi connectivity index (χ4v) is 5.46. The third-order valence-corrected chi connectivity index (χ3v) is 7.68. The minimum absolute atomic E-state index is 0.0670. The molecule has 0 aliphatic carbocycles. The molecule has 41 heavy (non-hydrogen) atoms. The van der Waals surface area contributed by atoms with Crippen LogP contribution in [0.25, 0.3) is 22.7 Å². The van der Waals surface area contributed by atoms with Crippen molar-refractivity contribution < 1.29 is 27.5 Å². The number of halogens is 3. The number of carbonyl (C=O) groups excluding carboxylic acids is 2. The summed E-state index contributed by atoms with van der Waals surface area (Å²) in [5.41, 5.74) is 4.30. The van der Waals surface area contributed by atoms with Crippen LogP contribution in [0.1, 0.15) is 48.4 Å². The number of fused-ring (bicyclic) bond motifs is 1. The van der Waals surface area contributed by atoms with Crippen LogP contribution in [0.15, 0.2) is 48.5 Å². The van der Waals surface area contributed by atoms with Crippen molar-refractivity contribution >= 4 is 28.9 Å². The lowest BCUT2D eigenvalue weighted by Crippen LogP contribution is -2.39. The maximum Gasteiger partial charge on any atom is 0.491 e. The van der Waals surface area contributed by atoms with Crippen molar-refractivity contribution in [1.82, 2.24) is 20.0 Å². The first-order valence-corrected chi connectivity index (χ1v) is 13.7. The lowest BCUT2D eigenvalue weighted by molar-refractivity contribution is -0.202. The standard InChI is InChI=1S/C30H30F3N5O3/c31-30(32,33)29(40)41-27(39)19-37-15-11-23(12-16-37)28-25-8-5-21(2-1-20-9-13-35-14-10-20)17-26(25)38(36-28)24-6-3-22(18-34)4-7-24/h1-8,17,20,23,35H,9-16,19H2. The van der Waals surface area contributed by atoms with E-state index < -0.39 is 18.1 Å². The minimum Gasteiger partial charge on any atom is -0.385 e. The smallest absolute Gasteiger partial charge is 0.385 e. The highest BCUT2D eigenvalue weighted by atomic mass is 19.4. The molecule has 5 rings (SSSR count). The maximum absolute atomic E-state index is 12.4. The highest BCUT2D eigenvalue weighted by Crippen LogP contribution is 2.34. The Kier molecular flexibility index (Phi) is 8.52. The number of rotatable bonds is 6. The Hall–Kier alpha value is -4.01. The average Bonchev–Trinajstić information content (AvgIpc) is 3.35. The zero-order chi connectivity index (χ0) is 29.0. The van der Waals surface area contributed by atoms with Gasteiger partial charge in [-0.3, -0.25) is 9.69 Å². The summed E-state index contributed by atoms with van der Waals surface area (Å²) in [6, 6.07) is 15.6. The second kappa shape index (κ2) is 12.2. The van der Waals surface area contributed by atoms with Crippen LogP contribution in [0.3, 0.4) is 0 Å². The molecule has 1 aromatic heterocycles. The summed E-state index contributed by atoms with van der Waals surface area (Å²) in [5, 5.41) is 18.6. The van der Waals surface area contributed by atoms with Gasteiger partial charge in [0.2, 0.25) is 0 Å². The van der Waals surface area contributed by atoms with Crippen LogP contribution in [-0.2, 0) is 14.3 Å². The van der Waals surface area contributed by atoms with Gasteiger partial charge in [-0.15, -0.1) is 0 Å². The van der Waals surface area contributed by atoms with Crippen LogP contribution >= 0.6 is 0 Å². The molecular formula is C30H30F3N5O3. The lowest BCUT2D eigenvalue weighted by atomic mass is 9.91. The number of benzene rings is 2. The number of nitriles is 1. The van der Waals surface area contributed by atoms with E-state index in [4.69, 9.17) is 5.10 Å². The Bertz CT molecular complexity index is 1480. The molecule has 3 heterocycles. The first kappa shape index (κ1) is 28.5. The Morgan fingerprint density at radius 2 is 1.78 bits per heavy atom. The monoisotopic (exact) mass is 565 g/mol. The highest BCUT2D eigenvalue weighted by Gasteiger charge is 2.42. The average molecular weight is 566 g/mol. The van der Waals surface area contributed by atoms with E-state index in [0.29, 0.717) is 37.4 Å². The predicted octanol–water partition coefficient (Wildman–Crippen LogP) is 4.72. The second-order valence-electron chi connectivity index (χ2n) is 10.5. The number of esters is 2. The molecule has 0 radical (unpaired) electrons. The van der Waals surface area contributed by atoms with Crippen molar-refractivity contribution in [2.45, 2.75) is 37.8 Å². The van der Waals surface area contributed by atoms with E-state index >= 15 is 0 Å². The minimum atomic E-state index is -5.21.